The Morgan fingerprint density at radius 3 is 2.68 bits per heavy atom. The van der Waals surface area contributed by atoms with Gasteiger partial charge < -0.3 is 14.7 Å². The lowest BCUT2D eigenvalue weighted by atomic mass is 10.1. The van der Waals surface area contributed by atoms with Crippen molar-refractivity contribution in [3.63, 3.8) is 0 Å². The van der Waals surface area contributed by atoms with Crippen LogP contribution in [0.3, 0.4) is 0 Å². The maximum absolute atomic E-state index is 12.5. The summed E-state index contributed by atoms with van der Waals surface area (Å²) in [6.07, 6.45) is 1.38. The summed E-state index contributed by atoms with van der Waals surface area (Å²) in [4.78, 5) is 7.79. The van der Waals surface area contributed by atoms with E-state index >= 15 is 0 Å². The molecule has 2 aromatic rings. The van der Waals surface area contributed by atoms with Gasteiger partial charge in [0.25, 0.3) is 0 Å². The van der Waals surface area contributed by atoms with Crippen molar-refractivity contribution in [3.8, 4) is 0 Å². The van der Waals surface area contributed by atoms with Crippen molar-refractivity contribution < 1.29 is 12.9 Å². The van der Waals surface area contributed by atoms with E-state index in [9.17, 15) is 8.42 Å². The zero-order valence-corrected chi connectivity index (χ0v) is 19.9. The van der Waals surface area contributed by atoms with Gasteiger partial charge in [-0.15, -0.1) is 35.3 Å². The molecule has 0 bridgehead atoms. The van der Waals surface area contributed by atoms with Crippen LogP contribution in [-0.2, 0) is 15.8 Å². The summed E-state index contributed by atoms with van der Waals surface area (Å²) in [5.74, 6) is 1.08. The molecule has 0 aliphatic carbocycles. The summed E-state index contributed by atoms with van der Waals surface area (Å²) in [6, 6.07) is 5.77. The molecule has 156 valence electrons. The van der Waals surface area contributed by atoms with Gasteiger partial charge in [-0.25, -0.2) is 8.42 Å². The number of nitrogens with zero attached hydrogens (tertiary/aromatic N) is 4. The Morgan fingerprint density at radius 1 is 1.36 bits per heavy atom. The number of sulfonamides is 1. The molecule has 0 amide bonds. The third-order valence-electron chi connectivity index (χ3n) is 4.56. The lowest BCUT2D eigenvalue weighted by molar-refractivity contribution is 0.259. The molecular formula is C17H26IN5O3S2. The molecule has 0 spiro atoms. The quantitative estimate of drug-likeness (QED) is 0.344. The normalized spacial score (nSPS) is 17.2. The summed E-state index contributed by atoms with van der Waals surface area (Å²) in [5.41, 5.74) is 0.428. The third kappa shape index (κ3) is 5.91. The number of nitrogens with one attached hydrogen (secondary N) is 1. The molecule has 1 aliphatic heterocycles. The monoisotopic (exact) mass is 539 g/mol. The van der Waals surface area contributed by atoms with Gasteiger partial charge >= 0.3 is 0 Å². The van der Waals surface area contributed by atoms with Crippen molar-refractivity contribution >= 4 is 51.3 Å². The number of guanidine groups is 1. The van der Waals surface area contributed by atoms with Gasteiger partial charge in [0, 0.05) is 56.6 Å². The second-order valence-corrected chi connectivity index (χ2v) is 9.43. The smallest absolute Gasteiger partial charge is 0.220 e. The Morgan fingerprint density at radius 2 is 2.11 bits per heavy atom. The van der Waals surface area contributed by atoms with E-state index in [1.165, 1.54) is 15.4 Å². The SMILES string of the molecule is CN=C(NCC(C)c1cccs1)N1CCN(S(=O)(=O)Cc2ccon2)CC1.I. The fourth-order valence-electron chi connectivity index (χ4n) is 3.02. The third-order valence-corrected chi connectivity index (χ3v) is 7.48. The van der Waals surface area contributed by atoms with Crippen LogP contribution in [0.15, 0.2) is 39.4 Å². The number of thiophene rings is 1. The lowest BCUT2D eigenvalue weighted by Crippen LogP contribution is -2.54. The highest BCUT2D eigenvalue weighted by atomic mass is 127. The number of halogens is 1. The van der Waals surface area contributed by atoms with Gasteiger partial charge in [-0.3, -0.25) is 4.99 Å². The number of rotatable bonds is 6. The highest BCUT2D eigenvalue weighted by Gasteiger charge is 2.29. The van der Waals surface area contributed by atoms with Crippen LogP contribution in [0.2, 0.25) is 0 Å². The Balaban J connectivity index is 0.00000280. The minimum Gasteiger partial charge on any atom is -0.364 e. The number of aromatic nitrogens is 1. The van der Waals surface area contributed by atoms with E-state index in [1.54, 1.807) is 24.5 Å². The number of piperazine rings is 1. The molecule has 3 heterocycles. The van der Waals surface area contributed by atoms with Gasteiger partial charge in [0.1, 0.15) is 12.0 Å². The van der Waals surface area contributed by atoms with Gasteiger partial charge in [0.05, 0.1) is 5.69 Å². The van der Waals surface area contributed by atoms with Gasteiger partial charge in [-0.05, 0) is 11.4 Å². The van der Waals surface area contributed by atoms with Crippen LogP contribution < -0.4 is 5.32 Å². The van der Waals surface area contributed by atoms with Crippen LogP contribution >= 0.6 is 35.3 Å². The van der Waals surface area contributed by atoms with E-state index in [4.69, 9.17) is 4.52 Å². The van der Waals surface area contributed by atoms with Crippen LogP contribution in [-0.4, -0.2) is 68.5 Å². The van der Waals surface area contributed by atoms with Crippen molar-refractivity contribution in [3.05, 3.63) is 40.4 Å². The molecule has 1 saturated heterocycles. The van der Waals surface area contributed by atoms with Gasteiger partial charge in [-0.1, -0.05) is 18.1 Å². The first-order valence-corrected chi connectivity index (χ1v) is 11.3. The second-order valence-electron chi connectivity index (χ2n) is 6.48. The Kier molecular flexibility index (Phi) is 8.71. The zero-order chi connectivity index (χ0) is 19.3. The first-order valence-electron chi connectivity index (χ1n) is 8.85. The van der Waals surface area contributed by atoms with Crippen molar-refractivity contribution in [2.24, 2.45) is 4.99 Å². The topological polar surface area (TPSA) is 91.0 Å². The number of hydrogen-bond donors (Lipinski definition) is 1. The molecule has 11 heteroatoms. The molecule has 1 N–H and O–H groups in total. The molecule has 28 heavy (non-hydrogen) atoms. The average molecular weight is 539 g/mol. The van der Waals surface area contributed by atoms with Crippen LogP contribution in [0.4, 0.5) is 0 Å². The zero-order valence-electron chi connectivity index (χ0n) is 15.9. The van der Waals surface area contributed by atoms with E-state index in [2.05, 4.69) is 44.8 Å². The number of hydrogen-bond acceptors (Lipinski definition) is 6. The molecule has 0 aromatic carbocycles. The summed E-state index contributed by atoms with van der Waals surface area (Å²) >= 11 is 1.75. The molecule has 2 aromatic heterocycles. The molecule has 1 fully saturated rings. The first-order chi connectivity index (χ1) is 13.0. The summed E-state index contributed by atoms with van der Waals surface area (Å²) in [5, 5.41) is 9.19. The van der Waals surface area contributed by atoms with Crippen LogP contribution in [0.25, 0.3) is 0 Å². The fourth-order valence-corrected chi connectivity index (χ4v) is 5.23. The molecule has 1 atom stereocenters. The van der Waals surface area contributed by atoms with Crippen molar-refractivity contribution in [1.82, 2.24) is 19.7 Å². The number of aliphatic imine (C=N–C) groups is 1. The minimum absolute atomic E-state index is 0. The molecule has 1 aliphatic rings. The van der Waals surface area contributed by atoms with Crippen LogP contribution in [0, 0.1) is 0 Å². The summed E-state index contributed by atoms with van der Waals surface area (Å²) in [7, 11) is -1.64. The Hall–Kier alpha value is -1.18. The summed E-state index contributed by atoms with van der Waals surface area (Å²) in [6.45, 7) is 5.04. The van der Waals surface area contributed by atoms with E-state index < -0.39 is 10.0 Å². The second kappa shape index (κ2) is 10.6. The predicted molar refractivity (Wildman–Crippen MR) is 122 cm³/mol. The largest absolute Gasteiger partial charge is 0.364 e. The van der Waals surface area contributed by atoms with E-state index in [0.29, 0.717) is 37.8 Å². The molecule has 0 radical (unpaired) electrons. The highest BCUT2D eigenvalue weighted by molar-refractivity contribution is 14.0. The van der Waals surface area contributed by atoms with E-state index in [-0.39, 0.29) is 29.7 Å². The Labute approximate surface area is 187 Å². The minimum atomic E-state index is -3.39. The molecule has 0 saturated carbocycles. The lowest BCUT2D eigenvalue weighted by Gasteiger charge is -2.36. The maximum Gasteiger partial charge on any atom is 0.220 e. The summed E-state index contributed by atoms with van der Waals surface area (Å²) < 4.78 is 31.3. The first kappa shape index (κ1) is 23.1. The molecule has 8 nitrogen and oxygen atoms in total. The average Bonchev–Trinajstić information content (AvgIpc) is 3.36. The van der Waals surface area contributed by atoms with Crippen molar-refractivity contribution in [2.75, 3.05) is 39.8 Å². The van der Waals surface area contributed by atoms with Crippen LogP contribution in [0.5, 0.6) is 0 Å². The van der Waals surface area contributed by atoms with E-state index in [1.807, 2.05) is 0 Å². The van der Waals surface area contributed by atoms with Gasteiger partial charge in [0.15, 0.2) is 5.96 Å². The molecule has 1 unspecified atom stereocenters. The van der Waals surface area contributed by atoms with E-state index in [0.717, 1.165) is 12.5 Å². The van der Waals surface area contributed by atoms with Crippen LogP contribution in [0.1, 0.15) is 23.4 Å². The van der Waals surface area contributed by atoms with Crippen molar-refractivity contribution in [1.29, 1.82) is 0 Å². The van der Waals surface area contributed by atoms with Crippen molar-refractivity contribution in [2.45, 2.75) is 18.6 Å². The highest BCUT2D eigenvalue weighted by Crippen LogP contribution is 2.20. The van der Waals surface area contributed by atoms with Gasteiger partial charge in [0.2, 0.25) is 10.0 Å². The molecule has 3 rings (SSSR count). The Bertz CT molecular complexity index is 832. The molecular weight excluding hydrogens is 513 g/mol. The fraction of sp³-hybridized carbons (Fsp3) is 0.529. The predicted octanol–water partition coefficient (Wildman–Crippen LogP) is 2.18. The maximum atomic E-state index is 12.5. The van der Waals surface area contributed by atoms with Gasteiger partial charge in [-0.2, -0.15) is 4.31 Å². The standard InChI is InChI=1S/C17H25N5O3S2.HI/c1-14(16-4-3-11-26-16)12-19-17(18-2)21-6-8-22(9-7-21)27(23,24)13-15-5-10-25-20-15;/h3-5,10-11,14H,6-9,12-13H2,1-2H3,(H,18,19);1H.